The number of esters is 1. The minimum absolute atomic E-state index is 0.0380. The highest BCUT2D eigenvalue weighted by Gasteiger charge is 2.15. The van der Waals surface area contributed by atoms with Gasteiger partial charge in [0.25, 0.3) is 0 Å². The number of aliphatic hydroxyl groups excluding tert-OH is 1. The summed E-state index contributed by atoms with van der Waals surface area (Å²) in [5.41, 5.74) is 5.89. The maximum Gasteiger partial charge on any atom is 0.341 e. The summed E-state index contributed by atoms with van der Waals surface area (Å²) in [5, 5.41) is 19.1. The zero-order chi connectivity index (χ0) is 12.1. The van der Waals surface area contributed by atoms with Gasteiger partial charge >= 0.3 is 5.97 Å². The molecule has 5 nitrogen and oxygen atoms in total. The fraction of sp³-hybridized carbons (Fsp3) is 0.364. The number of benzene rings is 1. The number of methoxy groups -OCH3 is 1. The average Bonchev–Trinajstić information content (AvgIpc) is 2.29. The fourth-order valence-electron chi connectivity index (χ4n) is 1.36. The summed E-state index contributed by atoms with van der Waals surface area (Å²) < 4.78 is 4.51. The monoisotopic (exact) mass is 225 g/mol. The van der Waals surface area contributed by atoms with Gasteiger partial charge in [0.1, 0.15) is 11.3 Å². The molecule has 1 aromatic rings. The Morgan fingerprint density at radius 1 is 1.56 bits per heavy atom. The molecular weight excluding hydrogens is 210 g/mol. The molecule has 0 aromatic heterocycles. The van der Waals surface area contributed by atoms with Crippen LogP contribution in [0.1, 0.15) is 28.4 Å². The van der Waals surface area contributed by atoms with Crippen molar-refractivity contribution < 1.29 is 19.7 Å². The summed E-state index contributed by atoms with van der Waals surface area (Å²) in [6, 6.07) is 4.30. The van der Waals surface area contributed by atoms with Crippen molar-refractivity contribution in [3.63, 3.8) is 0 Å². The summed E-state index contributed by atoms with van der Waals surface area (Å²) in [4.78, 5) is 11.3. The van der Waals surface area contributed by atoms with Crippen LogP contribution in [0.4, 0.5) is 0 Å². The van der Waals surface area contributed by atoms with E-state index >= 15 is 0 Å². The van der Waals surface area contributed by atoms with Crippen LogP contribution in [-0.4, -0.2) is 29.8 Å². The second kappa shape index (κ2) is 5.48. The SMILES string of the molecule is COC(=O)c1cc(C(O)CCN)ccc1O. The van der Waals surface area contributed by atoms with Gasteiger partial charge < -0.3 is 20.7 Å². The van der Waals surface area contributed by atoms with Gasteiger partial charge in [-0.05, 0) is 30.7 Å². The van der Waals surface area contributed by atoms with Gasteiger partial charge in [-0.1, -0.05) is 6.07 Å². The molecule has 1 unspecified atom stereocenters. The fourth-order valence-corrected chi connectivity index (χ4v) is 1.36. The van der Waals surface area contributed by atoms with Crippen molar-refractivity contribution in [1.82, 2.24) is 0 Å². The minimum Gasteiger partial charge on any atom is -0.507 e. The molecule has 1 aromatic carbocycles. The van der Waals surface area contributed by atoms with E-state index < -0.39 is 12.1 Å². The van der Waals surface area contributed by atoms with Gasteiger partial charge in [0.2, 0.25) is 0 Å². The predicted molar refractivity (Wildman–Crippen MR) is 58.1 cm³/mol. The van der Waals surface area contributed by atoms with E-state index in [9.17, 15) is 15.0 Å². The largest absolute Gasteiger partial charge is 0.507 e. The van der Waals surface area contributed by atoms with Crippen LogP contribution in [0.2, 0.25) is 0 Å². The number of ether oxygens (including phenoxy) is 1. The molecule has 1 atom stereocenters. The Labute approximate surface area is 93.5 Å². The van der Waals surface area contributed by atoms with E-state index in [0.717, 1.165) is 0 Å². The van der Waals surface area contributed by atoms with Crippen molar-refractivity contribution in [2.45, 2.75) is 12.5 Å². The van der Waals surface area contributed by atoms with Crippen LogP contribution in [0, 0.1) is 0 Å². The first-order chi connectivity index (χ1) is 7.60. The second-order valence-corrected chi connectivity index (χ2v) is 3.36. The standard InChI is InChI=1S/C11H15NO4/c1-16-11(15)8-6-7(2-3-10(8)14)9(13)4-5-12/h2-3,6,9,13-14H,4-5,12H2,1H3. The molecule has 0 aliphatic heterocycles. The van der Waals surface area contributed by atoms with Gasteiger partial charge in [-0.25, -0.2) is 4.79 Å². The molecule has 0 saturated carbocycles. The minimum atomic E-state index is -0.742. The van der Waals surface area contributed by atoms with Crippen molar-refractivity contribution in [1.29, 1.82) is 0 Å². The molecule has 0 saturated heterocycles. The Kier molecular flexibility index (Phi) is 4.28. The summed E-state index contributed by atoms with van der Waals surface area (Å²) >= 11 is 0. The maximum absolute atomic E-state index is 11.3. The molecular formula is C11H15NO4. The molecule has 5 heteroatoms. The molecule has 0 amide bonds. The van der Waals surface area contributed by atoms with Crippen LogP contribution in [0.25, 0.3) is 0 Å². The number of hydrogen-bond acceptors (Lipinski definition) is 5. The number of aliphatic hydroxyl groups is 1. The number of nitrogens with two attached hydrogens (primary N) is 1. The smallest absolute Gasteiger partial charge is 0.341 e. The van der Waals surface area contributed by atoms with E-state index in [4.69, 9.17) is 5.73 Å². The first kappa shape index (κ1) is 12.5. The zero-order valence-electron chi connectivity index (χ0n) is 9.01. The normalized spacial score (nSPS) is 12.2. The maximum atomic E-state index is 11.3. The molecule has 88 valence electrons. The molecule has 0 heterocycles. The van der Waals surface area contributed by atoms with E-state index in [1.807, 2.05) is 0 Å². The number of phenols is 1. The van der Waals surface area contributed by atoms with Gasteiger partial charge in [0, 0.05) is 0 Å². The van der Waals surface area contributed by atoms with Crippen molar-refractivity contribution in [3.8, 4) is 5.75 Å². The van der Waals surface area contributed by atoms with Gasteiger partial charge in [-0.3, -0.25) is 0 Å². The van der Waals surface area contributed by atoms with Crippen LogP contribution in [0.5, 0.6) is 5.75 Å². The highest BCUT2D eigenvalue weighted by Crippen LogP contribution is 2.24. The van der Waals surface area contributed by atoms with E-state index in [1.165, 1.54) is 19.2 Å². The summed E-state index contributed by atoms with van der Waals surface area (Å²) in [5.74, 6) is -0.810. The first-order valence-corrected chi connectivity index (χ1v) is 4.89. The zero-order valence-corrected chi connectivity index (χ0v) is 9.01. The highest BCUT2D eigenvalue weighted by atomic mass is 16.5. The van der Waals surface area contributed by atoms with Crippen LogP contribution in [0.15, 0.2) is 18.2 Å². The average molecular weight is 225 g/mol. The Hall–Kier alpha value is -1.59. The third-order valence-electron chi connectivity index (χ3n) is 2.25. The number of rotatable bonds is 4. The molecule has 4 N–H and O–H groups in total. The molecule has 1 rings (SSSR count). The predicted octanol–water partition coefficient (Wildman–Crippen LogP) is 0.561. The van der Waals surface area contributed by atoms with Crippen LogP contribution in [0.3, 0.4) is 0 Å². The molecule has 16 heavy (non-hydrogen) atoms. The summed E-state index contributed by atoms with van der Waals surface area (Å²) in [6.07, 6.45) is -0.347. The van der Waals surface area contributed by atoms with E-state index in [-0.39, 0.29) is 11.3 Å². The second-order valence-electron chi connectivity index (χ2n) is 3.36. The Balaban J connectivity index is 3.02. The Morgan fingerprint density at radius 3 is 2.81 bits per heavy atom. The molecule has 0 radical (unpaired) electrons. The molecule has 0 aliphatic carbocycles. The lowest BCUT2D eigenvalue weighted by Gasteiger charge is -2.11. The van der Waals surface area contributed by atoms with Gasteiger partial charge in [-0.2, -0.15) is 0 Å². The number of carbonyl (C=O) groups excluding carboxylic acids is 1. The first-order valence-electron chi connectivity index (χ1n) is 4.89. The van der Waals surface area contributed by atoms with Gasteiger partial charge in [0.05, 0.1) is 13.2 Å². The van der Waals surface area contributed by atoms with Crippen LogP contribution >= 0.6 is 0 Å². The lowest BCUT2D eigenvalue weighted by molar-refractivity contribution is 0.0597. The Bertz CT molecular complexity index is 378. The number of aromatic hydroxyl groups is 1. The molecule has 0 fully saturated rings. The lowest BCUT2D eigenvalue weighted by Crippen LogP contribution is -2.08. The summed E-state index contributed by atoms with van der Waals surface area (Å²) in [7, 11) is 1.23. The third kappa shape index (κ3) is 2.71. The molecule has 0 aliphatic rings. The van der Waals surface area contributed by atoms with E-state index in [2.05, 4.69) is 4.74 Å². The third-order valence-corrected chi connectivity index (χ3v) is 2.25. The highest BCUT2D eigenvalue weighted by molar-refractivity contribution is 5.92. The topological polar surface area (TPSA) is 92.8 Å². The van der Waals surface area contributed by atoms with Crippen LogP contribution in [-0.2, 0) is 4.74 Å². The summed E-state index contributed by atoms with van der Waals surface area (Å²) in [6.45, 7) is 0.343. The van der Waals surface area contributed by atoms with Gasteiger partial charge in [0.15, 0.2) is 0 Å². The number of phenolic OH excluding ortho intramolecular Hbond substituents is 1. The number of carbonyl (C=O) groups is 1. The molecule has 0 spiro atoms. The Morgan fingerprint density at radius 2 is 2.25 bits per heavy atom. The van der Waals surface area contributed by atoms with Crippen molar-refractivity contribution in [2.75, 3.05) is 13.7 Å². The van der Waals surface area contributed by atoms with Crippen molar-refractivity contribution in [3.05, 3.63) is 29.3 Å². The van der Waals surface area contributed by atoms with E-state index in [0.29, 0.717) is 18.5 Å². The van der Waals surface area contributed by atoms with E-state index in [1.54, 1.807) is 6.07 Å². The van der Waals surface area contributed by atoms with Gasteiger partial charge in [-0.15, -0.1) is 0 Å². The van der Waals surface area contributed by atoms with Crippen molar-refractivity contribution in [2.24, 2.45) is 5.73 Å². The van der Waals surface area contributed by atoms with Crippen molar-refractivity contribution >= 4 is 5.97 Å². The molecule has 0 bridgehead atoms. The van der Waals surface area contributed by atoms with Crippen LogP contribution < -0.4 is 5.73 Å². The quantitative estimate of drug-likeness (QED) is 0.651. The lowest BCUT2D eigenvalue weighted by atomic mass is 10.0. The number of hydrogen-bond donors (Lipinski definition) is 3.